The minimum atomic E-state index is 0.556. The largest absolute Gasteiger partial charge is 0.378 e. The molecular formula is C21H26N6. The molecule has 1 aromatic carbocycles. The van der Waals surface area contributed by atoms with Crippen molar-refractivity contribution in [3.63, 3.8) is 0 Å². The van der Waals surface area contributed by atoms with Gasteiger partial charge in [0, 0.05) is 37.6 Å². The topological polar surface area (TPSA) is 51.3 Å². The van der Waals surface area contributed by atoms with Gasteiger partial charge in [-0.15, -0.1) is 5.10 Å². The van der Waals surface area contributed by atoms with Gasteiger partial charge in [0.2, 0.25) is 0 Å². The monoisotopic (exact) mass is 362 g/mol. The van der Waals surface area contributed by atoms with Gasteiger partial charge in [-0.25, -0.2) is 14.5 Å². The Labute approximate surface area is 159 Å². The van der Waals surface area contributed by atoms with Gasteiger partial charge in [0.25, 0.3) is 0 Å². The third-order valence-corrected chi connectivity index (χ3v) is 5.14. The first-order valence-corrected chi connectivity index (χ1v) is 9.35. The quantitative estimate of drug-likeness (QED) is 0.549. The standard InChI is InChI=1S/C21H26N6/c1-13(2)11-26-15(4)14(3)18-20(26)22-12-27-21(18)23-19(24-27)16-7-9-17(10-8-16)25(5)6/h7-10,12-13H,11H2,1-6H3. The van der Waals surface area contributed by atoms with Gasteiger partial charge in [-0.2, -0.15) is 0 Å². The fourth-order valence-corrected chi connectivity index (χ4v) is 3.55. The Morgan fingerprint density at radius 1 is 1.04 bits per heavy atom. The Kier molecular flexibility index (Phi) is 4.13. The number of aryl methyl sites for hydroxylation is 1. The maximum Gasteiger partial charge on any atom is 0.182 e. The van der Waals surface area contributed by atoms with E-state index in [0.717, 1.165) is 40.3 Å². The Bertz CT molecular complexity index is 1120. The molecule has 0 atom stereocenters. The number of hydrogen-bond donors (Lipinski definition) is 0. The molecule has 0 saturated carbocycles. The van der Waals surface area contributed by atoms with Crippen LogP contribution >= 0.6 is 0 Å². The lowest BCUT2D eigenvalue weighted by Crippen LogP contribution is -2.07. The summed E-state index contributed by atoms with van der Waals surface area (Å²) in [5, 5.41) is 5.77. The van der Waals surface area contributed by atoms with Gasteiger partial charge in [0.05, 0.1) is 5.39 Å². The molecule has 0 unspecified atom stereocenters. The number of fused-ring (bicyclic) bond motifs is 3. The predicted octanol–water partition coefficient (Wildman–Crippen LogP) is 4.08. The molecule has 6 nitrogen and oxygen atoms in total. The second-order valence-electron chi connectivity index (χ2n) is 7.80. The molecule has 6 heteroatoms. The van der Waals surface area contributed by atoms with Crippen LogP contribution in [0.1, 0.15) is 25.1 Å². The lowest BCUT2D eigenvalue weighted by molar-refractivity contribution is 0.524. The smallest absolute Gasteiger partial charge is 0.182 e. The summed E-state index contributed by atoms with van der Waals surface area (Å²) in [5.41, 5.74) is 6.50. The number of benzene rings is 1. The molecular weight excluding hydrogens is 336 g/mol. The zero-order valence-corrected chi connectivity index (χ0v) is 16.9. The molecule has 4 rings (SSSR count). The molecule has 4 aromatic rings. The maximum absolute atomic E-state index is 4.86. The van der Waals surface area contributed by atoms with E-state index in [2.05, 4.69) is 66.5 Å². The first kappa shape index (κ1) is 17.5. The first-order valence-electron chi connectivity index (χ1n) is 9.35. The van der Waals surface area contributed by atoms with Crippen molar-refractivity contribution in [3.8, 4) is 11.4 Å². The molecule has 0 amide bonds. The van der Waals surface area contributed by atoms with Crippen LogP contribution in [0.5, 0.6) is 0 Å². The van der Waals surface area contributed by atoms with E-state index >= 15 is 0 Å². The summed E-state index contributed by atoms with van der Waals surface area (Å²) in [6.45, 7) is 9.72. The minimum absolute atomic E-state index is 0.556. The molecule has 0 N–H and O–H groups in total. The van der Waals surface area contributed by atoms with E-state index in [1.807, 2.05) is 14.1 Å². The molecule has 0 radical (unpaired) electrons. The van der Waals surface area contributed by atoms with E-state index in [1.165, 1.54) is 11.3 Å². The molecule has 3 aromatic heterocycles. The number of hydrogen-bond acceptors (Lipinski definition) is 4. The fraction of sp³-hybridized carbons (Fsp3) is 0.381. The highest BCUT2D eigenvalue weighted by molar-refractivity contribution is 5.94. The molecule has 0 spiro atoms. The lowest BCUT2D eigenvalue weighted by Gasteiger charge is -2.11. The van der Waals surface area contributed by atoms with Gasteiger partial charge in [0.1, 0.15) is 12.0 Å². The highest BCUT2D eigenvalue weighted by Gasteiger charge is 2.18. The van der Waals surface area contributed by atoms with Crippen LogP contribution in [0.4, 0.5) is 5.69 Å². The Morgan fingerprint density at radius 3 is 2.37 bits per heavy atom. The van der Waals surface area contributed by atoms with Crippen LogP contribution in [0.3, 0.4) is 0 Å². The van der Waals surface area contributed by atoms with Gasteiger partial charge >= 0.3 is 0 Å². The van der Waals surface area contributed by atoms with Crippen molar-refractivity contribution < 1.29 is 0 Å². The minimum Gasteiger partial charge on any atom is -0.378 e. The summed E-state index contributed by atoms with van der Waals surface area (Å²) >= 11 is 0. The van der Waals surface area contributed by atoms with Crippen molar-refractivity contribution in [1.29, 1.82) is 0 Å². The molecule has 0 saturated heterocycles. The van der Waals surface area contributed by atoms with Crippen molar-refractivity contribution in [1.82, 2.24) is 24.1 Å². The van der Waals surface area contributed by atoms with Crippen LogP contribution in [0, 0.1) is 19.8 Å². The number of anilines is 1. The third kappa shape index (κ3) is 2.85. The van der Waals surface area contributed by atoms with Gasteiger partial charge in [0.15, 0.2) is 11.5 Å². The van der Waals surface area contributed by atoms with E-state index in [0.29, 0.717) is 5.92 Å². The van der Waals surface area contributed by atoms with Crippen LogP contribution in [-0.4, -0.2) is 38.2 Å². The lowest BCUT2D eigenvalue weighted by atomic mass is 10.2. The van der Waals surface area contributed by atoms with E-state index < -0.39 is 0 Å². The number of nitrogens with zero attached hydrogens (tertiary/aromatic N) is 6. The van der Waals surface area contributed by atoms with Gasteiger partial charge in [-0.3, -0.25) is 0 Å². The summed E-state index contributed by atoms with van der Waals surface area (Å²) in [6.07, 6.45) is 1.78. The van der Waals surface area contributed by atoms with Crippen molar-refractivity contribution in [2.45, 2.75) is 34.2 Å². The summed E-state index contributed by atoms with van der Waals surface area (Å²) in [5.74, 6) is 1.28. The molecule has 0 aliphatic heterocycles. The van der Waals surface area contributed by atoms with Crippen molar-refractivity contribution in [2.75, 3.05) is 19.0 Å². The third-order valence-electron chi connectivity index (χ3n) is 5.14. The zero-order chi connectivity index (χ0) is 19.3. The van der Waals surface area contributed by atoms with Crippen molar-refractivity contribution in [2.24, 2.45) is 5.92 Å². The van der Waals surface area contributed by atoms with Crippen molar-refractivity contribution >= 4 is 22.4 Å². The summed E-state index contributed by atoms with van der Waals surface area (Å²) in [4.78, 5) is 11.7. The van der Waals surface area contributed by atoms with Crippen LogP contribution in [0.15, 0.2) is 30.6 Å². The SMILES string of the molecule is Cc1c(C)n(CC(C)C)c2ncn3nc(-c4ccc(N(C)C)cc4)nc3c12. The average molecular weight is 362 g/mol. The molecule has 0 aliphatic rings. The van der Waals surface area contributed by atoms with Crippen LogP contribution in [0.2, 0.25) is 0 Å². The zero-order valence-electron chi connectivity index (χ0n) is 16.9. The normalized spacial score (nSPS) is 11.8. The van der Waals surface area contributed by atoms with E-state index in [9.17, 15) is 0 Å². The van der Waals surface area contributed by atoms with E-state index in [4.69, 9.17) is 9.97 Å². The fourth-order valence-electron chi connectivity index (χ4n) is 3.55. The molecule has 0 bridgehead atoms. The molecule has 3 heterocycles. The Morgan fingerprint density at radius 2 is 1.74 bits per heavy atom. The predicted molar refractivity (Wildman–Crippen MR) is 110 cm³/mol. The van der Waals surface area contributed by atoms with Crippen LogP contribution < -0.4 is 4.90 Å². The second kappa shape index (κ2) is 6.37. The van der Waals surface area contributed by atoms with Crippen molar-refractivity contribution in [3.05, 3.63) is 41.9 Å². The van der Waals surface area contributed by atoms with Gasteiger partial charge < -0.3 is 9.47 Å². The highest BCUT2D eigenvalue weighted by atomic mass is 15.3. The highest BCUT2D eigenvalue weighted by Crippen LogP contribution is 2.29. The molecule has 27 heavy (non-hydrogen) atoms. The number of aromatic nitrogens is 5. The Hall–Kier alpha value is -2.89. The van der Waals surface area contributed by atoms with Gasteiger partial charge in [-0.05, 0) is 49.6 Å². The summed E-state index contributed by atoms with van der Waals surface area (Å²) < 4.78 is 4.10. The van der Waals surface area contributed by atoms with E-state index in [-0.39, 0.29) is 0 Å². The Balaban J connectivity index is 1.88. The van der Waals surface area contributed by atoms with Crippen LogP contribution in [0.25, 0.3) is 28.1 Å². The number of rotatable bonds is 4. The van der Waals surface area contributed by atoms with E-state index in [1.54, 1.807) is 10.8 Å². The second-order valence-corrected chi connectivity index (χ2v) is 7.80. The molecule has 0 aliphatic carbocycles. The molecule has 140 valence electrons. The maximum atomic E-state index is 4.86. The average Bonchev–Trinajstić information content (AvgIpc) is 3.17. The van der Waals surface area contributed by atoms with Gasteiger partial charge in [-0.1, -0.05) is 13.8 Å². The summed E-state index contributed by atoms with van der Waals surface area (Å²) in [7, 11) is 4.07. The first-order chi connectivity index (χ1) is 12.9. The molecule has 0 fully saturated rings. The van der Waals surface area contributed by atoms with Crippen LogP contribution in [-0.2, 0) is 6.54 Å². The summed E-state index contributed by atoms with van der Waals surface area (Å²) in [6, 6.07) is 8.31.